The topological polar surface area (TPSA) is 35.5 Å². The molecule has 5 heteroatoms. The van der Waals surface area contributed by atoms with Crippen LogP contribution in [0.4, 0.5) is 0 Å². The summed E-state index contributed by atoms with van der Waals surface area (Å²) in [6, 6.07) is 12.6. The Morgan fingerprint density at radius 3 is 2.58 bits per heavy atom. The number of rotatable bonds is 9. The molecule has 0 radical (unpaired) electrons. The van der Waals surface area contributed by atoms with E-state index in [9.17, 15) is 4.79 Å². The molecule has 0 aromatic heterocycles. The minimum atomic E-state index is -0.400. The van der Waals surface area contributed by atoms with Gasteiger partial charge in [-0.25, -0.2) is 4.79 Å². The Balaban J connectivity index is 1.86. The van der Waals surface area contributed by atoms with Crippen molar-refractivity contribution >= 4 is 27.8 Å². The lowest BCUT2D eigenvalue weighted by atomic mass is 10.0. The molecule has 0 N–H and O–H groups in total. The number of aryl methyl sites for hydroxylation is 1. The number of hydrogen-bond donors (Lipinski definition) is 1. The summed E-state index contributed by atoms with van der Waals surface area (Å²) < 4.78 is 11.2. The quantitative estimate of drug-likeness (QED) is 0.263. The van der Waals surface area contributed by atoms with Crippen molar-refractivity contribution in [1.29, 1.82) is 0 Å². The monoisotopic (exact) mass is 390 g/mol. The highest BCUT2D eigenvalue weighted by Gasteiger charge is 2.12. The van der Waals surface area contributed by atoms with Crippen molar-refractivity contribution < 1.29 is 14.3 Å². The molecule has 0 saturated carbocycles. The number of carbonyl (C=O) groups is 1. The van der Waals surface area contributed by atoms with Crippen LogP contribution in [0.1, 0.15) is 42.1 Å². The zero-order valence-electron chi connectivity index (χ0n) is 15.4. The van der Waals surface area contributed by atoms with Crippen molar-refractivity contribution in [3.05, 3.63) is 53.6 Å². The SMILES string of the molecule is Cc1cccc(OC(=O)c2ccc(OCCC(C)CCCP)cc2)c1S. The van der Waals surface area contributed by atoms with E-state index in [1.165, 1.54) is 12.8 Å². The molecule has 2 atom stereocenters. The summed E-state index contributed by atoms with van der Waals surface area (Å²) >= 11 is 4.39. The predicted octanol–water partition coefficient (Wildman–Crippen LogP) is 5.56. The van der Waals surface area contributed by atoms with Crippen molar-refractivity contribution in [2.24, 2.45) is 5.92 Å². The Morgan fingerprint density at radius 1 is 1.15 bits per heavy atom. The standard InChI is InChI=1S/C21H27O3PS/c1-15(5-4-14-25)12-13-23-18-10-8-17(9-11-18)21(22)24-19-7-3-6-16(2)20(19)26/h3,6-11,15,26H,4-5,12-14,25H2,1-2H3. The third kappa shape index (κ3) is 6.34. The van der Waals surface area contributed by atoms with E-state index < -0.39 is 5.97 Å². The number of esters is 1. The first kappa shape index (κ1) is 20.8. The molecule has 2 rings (SSSR count). The van der Waals surface area contributed by atoms with Crippen molar-refractivity contribution in [3.63, 3.8) is 0 Å². The van der Waals surface area contributed by atoms with Gasteiger partial charge in [0.1, 0.15) is 11.5 Å². The van der Waals surface area contributed by atoms with Crippen molar-refractivity contribution in [2.45, 2.75) is 38.0 Å². The summed E-state index contributed by atoms with van der Waals surface area (Å²) in [6.45, 7) is 4.87. The molecular weight excluding hydrogens is 363 g/mol. The van der Waals surface area contributed by atoms with E-state index in [2.05, 4.69) is 28.8 Å². The Hall–Kier alpha value is -1.51. The fourth-order valence-electron chi connectivity index (χ4n) is 2.55. The highest BCUT2D eigenvalue weighted by Crippen LogP contribution is 2.26. The number of benzene rings is 2. The molecule has 2 aromatic rings. The van der Waals surface area contributed by atoms with Gasteiger partial charge in [0, 0.05) is 4.90 Å². The van der Waals surface area contributed by atoms with E-state index in [0.29, 0.717) is 28.7 Å². The molecule has 0 fully saturated rings. The molecule has 0 bridgehead atoms. The number of hydrogen-bond acceptors (Lipinski definition) is 4. The molecule has 2 unspecified atom stereocenters. The van der Waals surface area contributed by atoms with Gasteiger partial charge >= 0.3 is 5.97 Å². The zero-order valence-corrected chi connectivity index (χ0v) is 17.5. The van der Waals surface area contributed by atoms with Crippen LogP contribution < -0.4 is 9.47 Å². The molecule has 0 aliphatic rings. The fraction of sp³-hybridized carbons (Fsp3) is 0.381. The largest absolute Gasteiger partial charge is 0.494 e. The highest BCUT2D eigenvalue weighted by atomic mass is 32.1. The number of thiol groups is 1. The van der Waals surface area contributed by atoms with Gasteiger partial charge < -0.3 is 9.47 Å². The summed E-state index contributed by atoms with van der Waals surface area (Å²) in [4.78, 5) is 13.0. The van der Waals surface area contributed by atoms with Gasteiger partial charge in [0.25, 0.3) is 0 Å². The Labute approximate surface area is 164 Å². The van der Waals surface area contributed by atoms with E-state index in [1.807, 2.05) is 31.2 Å². The van der Waals surface area contributed by atoms with Crippen LogP contribution in [0.2, 0.25) is 0 Å². The lowest BCUT2D eigenvalue weighted by molar-refractivity contribution is 0.0730. The van der Waals surface area contributed by atoms with E-state index in [4.69, 9.17) is 9.47 Å². The minimum absolute atomic E-state index is 0.400. The molecule has 0 aliphatic carbocycles. The minimum Gasteiger partial charge on any atom is -0.494 e. The van der Waals surface area contributed by atoms with Gasteiger partial charge in [-0.1, -0.05) is 25.5 Å². The van der Waals surface area contributed by atoms with Crippen LogP contribution in [0, 0.1) is 12.8 Å². The first-order valence-corrected chi connectivity index (χ1v) is 10.2. The molecule has 140 valence electrons. The maximum Gasteiger partial charge on any atom is 0.343 e. The predicted molar refractivity (Wildman–Crippen MR) is 113 cm³/mol. The third-order valence-corrected chi connectivity index (χ3v) is 5.26. The maximum atomic E-state index is 12.3. The van der Waals surface area contributed by atoms with E-state index in [-0.39, 0.29) is 0 Å². The first-order chi connectivity index (χ1) is 12.5. The van der Waals surface area contributed by atoms with Gasteiger partial charge in [0.2, 0.25) is 0 Å². The molecule has 0 saturated heterocycles. The summed E-state index contributed by atoms with van der Waals surface area (Å²) in [5.74, 6) is 1.50. The van der Waals surface area contributed by atoms with E-state index in [0.717, 1.165) is 23.9 Å². The Morgan fingerprint density at radius 2 is 1.88 bits per heavy atom. The zero-order chi connectivity index (χ0) is 18.9. The summed E-state index contributed by atoms with van der Waals surface area (Å²) in [7, 11) is 2.77. The van der Waals surface area contributed by atoms with Crippen LogP contribution in [-0.2, 0) is 0 Å². The van der Waals surface area contributed by atoms with Crippen LogP contribution in [-0.4, -0.2) is 18.7 Å². The maximum absolute atomic E-state index is 12.3. The second-order valence-corrected chi connectivity index (χ2v) is 7.53. The fourth-order valence-corrected chi connectivity index (χ4v) is 2.98. The average molecular weight is 390 g/mol. The molecule has 26 heavy (non-hydrogen) atoms. The van der Waals surface area contributed by atoms with Crippen molar-refractivity contribution in [1.82, 2.24) is 0 Å². The molecule has 0 heterocycles. The van der Waals surface area contributed by atoms with E-state index in [1.54, 1.807) is 18.2 Å². The Kier molecular flexibility index (Phi) is 8.47. The smallest absolute Gasteiger partial charge is 0.343 e. The first-order valence-electron chi connectivity index (χ1n) is 8.95. The molecule has 0 aliphatic heterocycles. The van der Waals surface area contributed by atoms with Crippen molar-refractivity contribution in [2.75, 3.05) is 12.8 Å². The summed E-state index contributed by atoms with van der Waals surface area (Å²) in [5, 5.41) is 0. The molecule has 0 amide bonds. The van der Waals surface area contributed by atoms with Gasteiger partial charge in [-0.3, -0.25) is 0 Å². The van der Waals surface area contributed by atoms with Crippen molar-refractivity contribution in [3.8, 4) is 11.5 Å². The van der Waals surface area contributed by atoms with Crippen LogP contribution in [0.15, 0.2) is 47.4 Å². The third-order valence-electron chi connectivity index (χ3n) is 4.27. The summed E-state index contributed by atoms with van der Waals surface area (Å²) in [6.07, 6.45) is 4.65. The van der Waals surface area contributed by atoms with Crippen LogP contribution in [0.5, 0.6) is 11.5 Å². The second-order valence-electron chi connectivity index (χ2n) is 6.51. The summed E-state index contributed by atoms with van der Waals surface area (Å²) in [5.41, 5.74) is 1.45. The average Bonchev–Trinajstić information content (AvgIpc) is 2.64. The van der Waals surface area contributed by atoms with Crippen LogP contribution in [0.25, 0.3) is 0 Å². The normalized spacial score (nSPS) is 11.8. The van der Waals surface area contributed by atoms with Gasteiger partial charge in [0.15, 0.2) is 0 Å². The number of carbonyl (C=O) groups excluding carboxylic acids is 1. The van der Waals surface area contributed by atoms with Crippen LogP contribution in [0.3, 0.4) is 0 Å². The highest BCUT2D eigenvalue weighted by molar-refractivity contribution is 7.80. The molecule has 2 aromatic carbocycles. The van der Waals surface area contributed by atoms with Gasteiger partial charge in [-0.2, -0.15) is 0 Å². The Bertz CT molecular complexity index is 716. The van der Waals surface area contributed by atoms with E-state index >= 15 is 0 Å². The van der Waals surface area contributed by atoms with Gasteiger partial charge in [-0.05, 0) is 67.7 Å². The second kappa shape index (κ2) is 10.6. The molecule has 0 spiro atoms. The van der Waals surface area contributed by atoms with Crippen LogP contribution >= 0.6 is 21.9 Å². The lowest BCUT2D eigenvalue weighted by Crippen LogP contribution is -2.09. The van der Waals surface area contributed by atoms with Gasteiger partial charge in [-0.15, -0.1) is 21.9 Å². The lowest BCUT2D eigenvalue weighted by Gasteiger charge is -2.12. The van der Waals surface area contributed by atoms with Gasteiger partial charge in [0.05, 0.1) is 12.2 Å². The molecular formula is C21H27O3PS. The number of ether oxygens (including phenoxy) is 2. The molecule has 3 nitrogen and oxygen atoms in total.